The van der Waals surface area contributed by atoms with Gasteiger partial charge in [0.2, 0.25) is 0 Å². The summed E-state index contributed by atoms with van der Waals surface area (Å²) in [4.78, 5) is 2.44. The zero-order valence-electron chi connectivity index (χ0n) is 15.0. The third-order valence-electron chi connectivity index (χ3n) is 4.46. The SMILES string of the molecule is COc1ccc(C/C=C/C(C)(C)C)c(N2CCC(CO)CC2)c1. The van der Waals surface area contributed by atoms with Gasteiger partial charge in [0.05, 0.1) is 7.11 Å². The van der Waals surface area contributed by atoms with E-state index in [4.69, 9.17) is 4.74 Å². The van der Waals surface area contributed by atoms with Gasteiger partial charge in [-0.05, 0) is 42.2 Å². The van der Waals surface area contributed by atoms with Crippen molar-refractivity contribution in [3.8, 4) is 5.75 Å². The predicted octanol–water partition coefficient (Wildman–Crippen LogP) is 4.05. The third kappa shape index (κ3) is 5.28. The molecule has 3 nitrogen and oxygen atoms in total. The van der Waals surface area contributed by atoms with Crippen LogP contribution in [0.2, 0.25) is 0 Å². The van der Waals surface area contributed by atoms with E-state index in [-0.39, 0.29) is 5.41 Å². The van der Waals surface area contributed by atoms with Crippen molar-refractivity contribution in [1.82, 2.24) is 0 Å². The minimum atomic E-state index is 0.214. The van der Waals surface area contributed by atoms with E-state index in [1.807, 2.05) is 6.07 Å². The minimum absolute atomic E-state index is 0.214. The number of methoxy groups -OCH3 is 1. The lowest BCUT2D eigenvalue weighted by Crippen LogP contribution is -2.35. The molecule has 2 rings (SSSR count). The molecule has 0 amide bonds. The molecule has 0 bridgehead atoms. The summed E-state index contributed by atoms with van der Waals surface area (Å²) in [7, 11) is 1.72. The molecule has 0 atom stereocenters. The summed E-state index contributed by atoms with van der Waals surface area (Å²) >= 11 is 0. The molecule has 0 spiro atoms. The maximum atomic E-state index is 9.33. The standard InChI is InChI=1S/C20H31NO2/c1-20(2,3)11-5-6-17-7-8-18(23-4)14-19(17)21-12-9-16(15-22)10-13-21/h5,7-8,11,14,16,22H,6,9-10,12-13,15H2,1-4H3/b11-5+. The summed E-state index contributed by atoms with van der Waals surface area (Å²) in [5.74, 6) is 1.37. The molecule has 3 heteroatoms. The summed E-state index contributed by atoms with van der Waals surface area (Å²) in [6, 6.07) is 6.38. The van der Waals surface area contributed by atoms with Crippen LogP contribution in [0.25, 0.3) is 0 Å². The first kappa shape index (κ1) is 17.9. The van der Waals surface area contributed by atoms with Crippen molar-refractivity contribution < 1.29 is 9.84 Å². The Labute approximate surface area is 141 Å². The smallest absolute Gasteiger partial charge is 0.120 e. The van der Waals surface area contributed by atoms with Gasteiger partial charge in [-0.3, -0.25) is 0 Å². The van der Waals surface area contributed by atoms with E-state index in [2.05, 4.69) is 50.0 Å². The van der Waals surface area contributed by atoms with Gasteiger partial charge in [-0.25, -0.2) is 0 Å². The highest BCUT2D eigenvalue weighted by molar-refractivity contribution is 5.58. The number of anilines is 1. The lowest BCUT2D eigenvalue weighted by atomic mass is 9.94. The van der Waals surface area contributed by atoms with Crippen molar-refractivity contribution in [2.75, 3.05) is 31.7 Å². The molecule has 1 aliphatic heterocycles. The molecule has 128 valence electrons. The molecule has 1 aliphatic rings. The molecule has 0 unspecified atom stereocenters. The molecule has 23 heavy (non-hydrogen) atoms. The van der Waals surface area contributed by atoms with Crippen LogP contribution in [-0.4, -0.2) is 31.9 Å². The van der Waals surface area contributed by atoms with E-state index < -0.39 is 0 Å². The summed E-state index contributed by atoms with van der Waals surface area (Å²) in [5.41, 5.74) is 2.83. The van der Waals surface area contributed by atoms with Crippen LogP contribution >= 0.6 is 0 Å². The van der Waals surface area contributed by atoms with E-state index >= 15 is 0 Å². The Morgan fingerprint density at radius 1 is 1.26 bits per heavy atom. The molecule has 1 heterocycles. The zero-order chi connectivity index (χ0) is 16.9. The molecule has 1 N–H and O–H groups in total. The molecule has 1 fully saturated rings. The van der Waals surface area contributed by atoms with Gasteiger partial charge in [0.1, 0.15) is 5.75 Å². The molecule has 0 radical (unpaired) electrons. The first-order valence-electron chi connectivity index (χ1n) is 8.63. The lowest BCUT2D eigenvalue weighted by molar-refractivity contribution is 0.203. The second-order valence-corrected chi connectivity index (χ2v) is 7.58. The molecule has 0 aromatic heterocycles. The Balaban J connectivity index is 2.17. The van der Waals surface area contributed by atoms with Gasteiger partial charge in [0, 0.05) is 31.5 Å². The van der Waals surface area contributed by atoms with Crippen molar-refractivity contribution in [1.29, 1.82) is 0 Å². The molecule has 1 aromatic rings. The van der Waals surface area contributed by atoms with Gasteiger partial charge in [-0.2, -0.15) is 0 Å². The zero-order valence-corrected chi connectivity index (χ0v) is 15.0. The quantitative estimate of drug-likeness (QED) is 0.832. The minimum Gasteiger partial charge on any atom is -0.497 e. The van der Waals surface area contributed by atoms with E-state index in [1.165, 1.54) is 11.3 Å². The number of hydrogen-bond donors (Lipinski definition) is 1. The Kier molecular flexibility index (Phi) is 6.11. The number of aliphatic hydroxyl groups is 1. The normalized spacial score (nSPS) is 17.0. The number of allylic oxidation sites excluding steroid dienone is 2. The number of aliphatic hydroxyl groups excluding tert-OH is 1. The fraction of sp³-hybridized carbons (Fsp3) is 0.600. The van der Waals surface area contributed by atoms with Crippen molar-refractivity contribution in [2.45, 2.75) is 40.0 Å². The highest BCUT2D eigenvalue weighted by Gasteiger charge is 2.20. The topological polar surface area (TPSA) is 32.7 Å². The second-order valence-electron chi connectivity index (χ2n) is 7.58. The van der Waals surface area contributed by atoms with Gasteiger partial charge in [0.25, 0.3) is 0 Å². The summed E-state index contributed by atoms with van der Waals surface area (Å²) in [5, 5.41) is 9.33. The van der Waals surface area contributed by atoms with Gasteiger partial charge in [-0.15, -0.1) is 0 Å². The van der Waals surface area contributed by atoms with Gasteiger partial charge in [0.15, 0.2) is 0 Å². The number of nitrogens with zero attached hydrogens (tertiary/aromatic N) is 1. The van der Waals surface area contributed by atoms with E-state index in [0.717, 1.165) is 38.1 Å². The molecule has 0 saturated carbocycles. The number of rotatable bonds is 5. The highest BCUT2D eigenvalue weighted by Crippen LogP contribution is 2.30. The van der Waals surface area contributed by atoms with Crippen LogP contribution in [0.15, 0.2) is 30.4 Å². The Morgan fingerprint density at radius 3 is 2.52 bits per heavy atom. The van der Waals surface area contributed by atoms with Crippen LogP contribution in [0.1, 0.15) is 39.2 Å². The van der Waals surface area contributed by atoms with E-state index in [9.17, 15) is 5.11 Å². The lowest BCUT2D eigenvalue weighted by Gasteiger charge is -2.34. The number of benzene rings is 1. The van der Waals surface area contributed by atoms with Crippen molar-refractivity contribution in [2.24, 2.45) is 11.3 Å². The van der Waals surface area contributed by atoms with Crippen LogP contribution in [0.3, 0.4) is 0 Å². The van der Waals surface area contributed by atoms with E-state index in [0.29, 0.717) is 12.5 Å². The molecular formula is C20H31NO2. The third-order valence-corrected chi connectivity index (χ3v) is 4.46. The Hall–Kier alpha value is -1.48. The van der Waals surface area contributed by atoms with Crippen LogP contribution in [0.4, 0.5) is 5.69 Å². The maximum Gasteiger partial charge on any atom is 0.120 e. The molecule has 1 saturated heterocycles. The maximum absolute atomic E-state index is 9.33. The second kappa shape index (κ2) is 7.87. The fourth-order valence-electron chi connectivity index (χ4n) is 3.03. The van der Waals surface area contributed by atoms with Crippen LogP contribution in [0, 0.1) is 11.3 Å². The number of ether oxygens (including phenoxy) is 1. The fourth-order valence-corrected chi connectivity index (χ4v) is 3.03. The van der Waals surface area contributed by atoms with Gasteiger partial charge < -0.3 is 14.7 Å². The number of hydrogen-bond acceptors (Lipinski definition) is 3. The average Bonchev–Trinajstić information content (AvgIpc) is 2.54. The highest BCUT2D eigenvalue weighted by atomic mass is 16.5. The predicted molar refractivity (Wildman–Crippen MR) is 97.3 cm³/mol. The molecule has 1 aromatic carbocycles. The summed E-state index contributed by atoms with van der Waals surface area (Å²) in [6.07, 6.45) is 7.61. The van der Waals surface area contributed by atoms with Crippen LogP contribution in [0.5, 0.6) is 5.75 Å². The molecule has 0 aliphatic carbocycles. The van der Waals surface area contributed by atoms with E-state index in [1.54, 1.807) is 7.11 Å². The van der Waals surface area contributed by atoms with Crippen LogP contribution < -0.4 is 9.64 Å². The van der Waals surface area contributed by atoms with Crippen molar-refractivity contribution >= 4 is 5.69 Å². The van der Waals surface area contributed by atoms with Crippen LogP contribution in [-0.2, 0) is 6.42 Å². The molecular weight excluding hydrogens is 286 g/mol. The Bertz CT molecular complexity index is 523. The largest absolute Gasteiger partial charge is 0.497 e. The summed E-state index contributed by atoms with van der Waals surface area (Å²) in [6.45, 7) is 8.99. The number of piperidine rings is 1. The first-order chi connectivity index (χ1) is 10.9. The summed E-state index contributed by atoms with van der Waals surface area (Å²) < 4.78 is 5.42. The van der Waals surface area contributed by atoms with Gasteiger partial charge in [-0.1, -0.05) is 39.0 Å². The van der Waals surface area contributed by atoms with Gasteiger partial charge >= 0.3 is 0 Å². The Morgan fingerprint density at radius 2 is 1.96 bits per heavy atom. The average molecular weight is 317 g/mol. The first-order valence-corrected chi connectivity index (χ1v) is 8.63. The van der Waals surface area contributed by atoms with Crippen molar-refractivity contribution in [3.05, 3.63) is 35.9 Å². The monoisotopic (exact) mass is 317 g/mol. The van der Waals surface area contributed by atoms with Crippen molar-refractivity contribution in [3.63, 3.8) is 0 Å².